The Balaban J connectivity index is 1.37. The topological polar surface area (TPSA) is 132 Å². The van der Waals surface area contributed by atoms with Crippen molar-refractivity contribution in [2.24, 2.45) is 5.92 Å². The average Bonchev–Trinajstić information content (AvgIpc) is 3.47. The molecule has 3 aromatic heterocycles. The van der Waals surface area contributed by atoms with E-state index in [2.05, 4.69) is 46.6 Å². The van der Waals surface area contributed by atoms with Crippen molar-refractivity contribution in [3.63, 3.8) is 0 Å². The first kappa shape index (κ1) is 26.4. The lowest BCUT2D eigenvalue weighted by Crippen LogP contribution is -2.33. The molecular weight excluding hydrogens is 584 g/mol. The number of fused-ring (bicyclic) bond motifs is 2. The maximum atomic E-state index is 13.8. The van der Waals surface area contributed by atoms with Gasteiger partial charge in [0.2, 0.25) is 11.9 Å². The molecule has 3 heterocycles. The van der Waals surface area contributed by atoms with Crippen LogP contribution in [0.3, 0.4) is 0 Å². The number of carbonyl (C=O) groups excluding carboxylic acids is 1. The Bertz CT molecular complexity index is 1630. The molecule has 0 unspecified atom stereocenters. The van der Waals surface area contributed by atoms with Crippen LogP contribution >= 0.6 is 15.9 Å². The third kappa shape index (κ3) is 5.60. The van der Waals surface area contributed by atoms with Gasteiger partial charge < -0.3 is 10.6 Å². The molecule has 1 aliphatic rings. The predicted octanol–water partition coefficient (Wildman–Crippen LogP) is 3.81. The number of rotatable bonds is 8. The highest BCUT2D eigenvalue weighted by Crippen LogP contribution is 2.32. The van der Waals surface area contributed by atoms with Crippen LogP contribution in [0.25, 0.3) is 27.6 Å². The molecule has 2 atom stereocenters. The number of nitrogens with one attached hydrogen (secondary N) is 2. The van der Waals surface area contributed by atoms with Gasteiger partial charge >= 0.3 is 0 Å². The zero-order chi connectivity index (χ0) is 27.0. The van der Waals surface area contributed by atoms with Gasteiger partial charge in [0.15, 0.2) is 5.65 Å². The molecule has 1 aliphatic carbocycles. The van der Waals surface area contributed by atoms with E-state index in [4.69, 9.17) is 0 Å². The molecule has 0 saturated heterocycles. The Morgan fingerprint density at radius 1 is 1.26 bits per heavy atom. The maximum absolute atomic E-state index is 13.8. The summed E-state index contributed by atoms with van der Waals surface area (Å²) in [7, 11) is -3.15. The molecule has 38 heavy (non-hydrogen) atoms. The second-order valence-electron chi connectivity index (χ2n) is 9.32. The number of hydrogen-bond donors (Lipinski definition) is 2. The van der Waals surface area contributed by atoms with Crippen LogP contribution in [0.5, 0.6) is 0 Å². The summed E-state index contributed by atoms with van der Waals surface area (Å²) >= 11 is 3.41. The van der Waals surface area contributed by atoms with Crippen molar-refractivity contribution in [2.45, 2.75) is 31.7 Å². The van der Waals surface area contributed by atoms with Gasteiger partial charge in [0, 0.05) is 48.1 Å². The summed E-state index contributed by atoms with van der Waals surface area (Å²) in [6, 6.07) is 6.43. The van der Waals surface area contributed by atoms with Crippen molar-refractivity contribution in [3.8, 4) is 5.69 Å². The van der Waals surface area contributed by atoms with Crippen LogP contribution < -0.4 is 10.6 Å². The molecule has 1 amide bonds. The first-order chi connectivity index (χ1) is 18.1. The molecule has 200 valence electrons. The number of anilines is 1. The fourth-order valence-electron chi connectivity index (χ4n) is 4.65. The fraction of sp³-hybridized carbons (Fsp3) is 0.375. The minimum Gasteiger partial charge on any atom is -0.355 e. The lowest BCUT2D eigenvalue weighted by Gasteiger charge is -2.14. The molecule has 0 aliphatic heterocycles. The van der Waals surface area contributed by atoms with E-state index in [1.807, 2.05) is 0 Å². The molecule has 0 radical (unpaired) electrons. The highest BCUT2D eigenvalue weighted by Gasteiger charge is 2.30. The van der Waals surface area contributed by atoms with Crippen LogP contribution in [0.1, 0.15) is 31.3 Å². The summed E-state index contributed by atoms with van der Waals surface area (Å²) < 4.78 is 52.2. The second-order valence-corrected chi connectivity index (χ2v) is 12.3. The standard InChI is InChI=1S/C24H24BrF2N7O3S/c1-38(36,37)8-7-29-23(35)14-4-5-15(9-14)31-24-30-12-18-20(25)33-34(22(18)32-24)16-10-13-3-2-6-28-19(13)17(11-16)21(26)27/h2-3,6,10-12,14-15,21H,4-5,7-9H2,1H3,(H,29,35)(H,30,31,32)/t14-,15-/m1/s1. The molecule has 0 bridgehead atoms. The van der Waals surface area contributed by atoms with Crippen molar-refractivity contribution < 1.29 is 22.0 Å². The molecular formula is C24H24BrF2N7O3S. The van der Waals surface area contributed by atoms with Crippen LogP contribution in [-0.4, -0.2) is 63.7 Å². The van der Waals surface area contributed by atoms with Crippen LogP contribution in [0.15, 0.2) is 41.3 Å². The fourth-order valence-corrected chi connectivity index (χ4v) is 5.56. The molecule has 1 saturated carbocycles. The molecule has 0 spiro atoms. The highest BCUT2D eigenvalue weighted by molar-refractivity contribution is 9.10. The van der Waals surface area contributed by atoms with E-state index in [9.17, 15) is 22.0 Å². The summed E-state index contributed by atoms with van der Waals surface area (Å²) in [6.45, 7) is 0.0863. The minimum absolute atomic E-state index is 0.0601. The third-order valence-corrected chi connectivity index (χ3v) is 8.02. The number of carbonyl (C=O) groups is 1. The van der Waals surface area contributed by atoms with Gasteiger partial charge in [0.1, 0.15) is 14.4 Å². The largest absolute Gasteiger partial charge is 0.355 e. The van der Waals surface area contributed by atoms with Gasteiger partial charge in [-0.15, -0.1) is 0 Å². The SMILES string of the molecule is CS(=O)(=O)CCNC(=O)[C@@H]1CC[C@@H](Nc2ncc3c(Br)nn(-c4cc(C(F)F)c5ncccc5c4)c3n2)C1. The predicted molar refractivity (Wildman–Crippen MR) is 142 cm³/mol. The third-order valence-electron chi connectivity index (χ3n) is 6.49. The Kier molecular flexibility index (Phi) is 7.27. The summed E-state index contributed by atoms with van der Waals surface area (Å²) in [5, 5.41) is 11.6. The summed E-state index contributed by atoms with van der Waals surface area (Å²) in [5.74, 6) is -0.186. The highest BCUT2D eigenvalue weighted by atomic mass is 79.9. The Morgan fingerprint density at radius 3 is 2.84 bits per heavy atom. The number of alkyl halides is 2. The van der Waals surface area contributed by atoms with E-state index in [1.54, 1.807) is 24.4 Å². The second kappa shape index (κ2) is 10.5. The number of sulfone groups is 1. The summed E-state index contributed by atoms with van der Waals surface area (Å²) in [5.41, 5.74) is 0.866. The van der Waals surface area contributed by atoms with Crippen LogP contribution in [-0.2, 0) is 14.6 Å². The van der Waals surface area contributed by atoms with Gasteiger partial charge in [-0.25, -0.2) is 26.9 Å². The van der Waals surface area contributed by atoms with Crippen molar-refractivity contribution in [1.29, 1.82) is 0 Å². The molecule has 2 N–H and O–H groups in total. The van der Waals surface area contributed by atoms with E-state index >= 15 is 0 Å². The van der Waals surface area contributed by atoms with E-state index in [0.29, 0.717) is 51.9 Å². The van der Waals surface area contributed by atoms with Crippen LogP contribution in [0, 0.1) is 5.92 Å². The molecule has 1 fully saturated rings. The van der Waals surface area contributed by atoms with Crippen molar-refractivity contribution in [2.75, 3.05) is 23.9 Å². The molecule has 5 rings (SSSR count). The Labute approximate surface area is 225 Å². The molecule has 14 heteroatoms. The van der Waals surface area contributed by atoms with E-state index in [1.165, 1.54) is 16.9 Å². The van der Waals surface area contributed by atoms with E-state index in [0.717, 1.165) is 6.26 Å². The van der Waals surface area contributed by atoms with Crippen molar-refractivity contribution >= 4 is 59.6 Å². The lowest BCUT2D eigenvalue weighted by molar-refractivity contribution is -0.124. The number of pyridine rings is 1. The molecule has 1 aromatic carbocycles. The van der Waals surface area contributed by atoms with Gasteiger partial charge in [0.05, 0.1) is 22.3 Å². The van der Waals surface area contributed by atoms with E-state index in [-0.39, 0.29) is 41.2 Å². The van der Waals surface area contributed by atoms with Gasteiger partial charge in [-0.05, 0) is 53.4 Å². The van der Waals surface area contributed by atoms with Gasteiger partial charge in [0.25, 0.3) is 6.43 Å². The number of nitrogens with zero attached hydrogens (tertiary/aromatic N) is 5. The smallest absolute Gasteiger partial charge is 0.266 e. The first-order valence-corrected chi connectivity index (χ1v) is 14.7. The normalized spacial score (nSPS) is 17.9. The van der Waals surface area contributed by atoms with Crippen LogP contribution in [0.2, 0.25) is 0 Å². The number of halogens is 3. The Morgan fingerprint density at radius 2 is 2.08 bits per heavy atom. The quantitative estimate of drug-likeness (QED) is 0.309. The van der Waals surface area contributed by atoms with Crippen molar-refractivity contribution in [3.05, 3.63) is 46.8 Å². The van der Waals surface area contributed by atoms with Gasteiger partial charge in [-0.3, -0.25) is 9.78 Å². The lowest BCUT2D eigenvalue weighted by atomic mass is 10.1. The van der Waals surface area contributed by atoms with E-state index < -0.39 is 16.3 Å². The zero-order valence-electron chi connectivity index (χ0n) is 20.2. The number of amides is 1. The van der Waals surface area contributed by atoms with Crippen molar-refractivity contribution in [1.82, 2.24) is 30.0 Å². The molecule has 4 aromatic rings. The van der Waals surface area contributed by atoms with Gasteiger partial charge in [-0.2, -0.15) is 10.1 Å². The van der Waals surface area contributed by atoms with Gasteiger partial charge in [-0.1, -0.05) is 6.07 Å². The zero-order valence-corrected chi connectivity index (χ0v) is 22.6. The summed E-state index contributed by atoms with van der Waals surface area (Å²) in [6.07, 6.45) is 3.39. The Hall–Kier alpha value is -3.26. The molecule has 10 nitrogen and oxygen atoms in total. The number of benzene rings is 1. The minimum atomic E-state index is -3.15. The number of aromatic nitrogens is 5. The first-order valence-electron chi connectivity index (χ1n) is 11.9. The number of hydrogen-bond acceptors (Lipinski definition) is 8. The van der Waals surface area contributed by atoms with Crippen LogP contribution in [0.4, 0.5) is 14.7 Å². The average molecular weight is 608 g/mol. The monoisotopic (exact) mass is 607 g/mol. The summed E-state index contributed by atoms with van der Waals surface area (Å²) in [4.78, 5) is 25.5. The maximum Gasteiger partial charge on any atom is 0.266 e.